The number of carbonyl (C=O) groups is 1. The van der Waals surface area contributed by atoms with Crippen molar-refractivity contribution in [2.45, 2.75) is 6.42 Å². The number of methoxy groups -OCH3 is 1. The number of hydrogen-bond donors (Lipinski definition) is 0. The van der Waals surface area contributed by atoms with E-state index in [2.05, 4.69) is 0 Å². The molecule has 0 unspecified atom stereocenters. The highest BCUT2D eigenvalue weighted by Gasteiger charge is 2.25. The number of rotatable bonds is 3. The van der Waals surface area contributed by atoms with Crippen LogP contribution >= 0.6 is 0 Å². The van der Waals surface area contributed by atoms with Crippen molar-refractivity contribution in [2.75, 3.05) is 20.3 Å². The highest BCUT2D eigenvalue weighted by atomic mass is 16.7. The SMILES string of the molecule is COc1cc([N+](=O)[O-])ccc1C(=O)N1CCCO1. The van der Waals surface area contributed by atoms with E-state index in [1.54, 1.807) is 0 Å². The molecule has 1 fully saturated rings. The van der Waals surface area contributed by atoms with Crippen LogP contribution in [0.4, 0.5) is 5.69 Å². The summed E-state index contributed by atoms with van der Waals surface area (Å²) in [5.41, 5.74) is 0.135. The Morgan fingerprint density at radius 2 is 2.33 bits per heavy atom. The Balaban J connectivity index is 2.32. The normalized spacial score (nSPS) is 14.6. The van der Waals surface area contributed by atoms with E-state index in [-0.39, 0.29) is 22.9 Å². The highest BCUT2D eigenvalue weighted by molar-refractivity contribution is 5.96. The third kappa shape index (κ3) is 2.25. The Hall–Kier alpha value is -2.15. The number of nitrogens with zero attached hydrogens (tertiary/aromatic N) is 2. The van der Waals surface area contributed by atoms with Gasteiger partial charge < -0.3 is 4.74 Å². The molecule has 1 heterocycles. The van der Waals surface area contributed by atoms with Crippen LogP contribution in [0.2, 0.25) is 0 Å². The van der Waals surface area contributed by atoms with Crippen LogP contribution in [-0.2, 0) is 4.84 Å². The molecule has 0 spiro atoms. The Labute approximate surface area is 103 Å². The van der Waals surface area contributed by atoms with Crippen LogP contribution in [0.3, 0.4) is 0 Å². The van der Waals surface area contributed by atoms with Crippen molar-refractivity contribution >= 4 is 11.6 Å². The van der Waals surface area contributed by atoms with E-state index in [0.29, 0.717) is 13.2 Å². The Bertz CT molecular complexity index is 482. The molecule has 1 aromatic carbocycles. The van der Waals surface area contributed by atoms with E-state index >= 15 is 0 Å². The molecule has 0 atom stereocenters. The second-order valence-electron chi connectivity index (χ2n) is 3.74. The van der Waals surface area contributed by atoms with Gasteiger partial charge in [0.1, 0.15) is 5.75 Å². The summed E-state index contributed by atoms with van der Waals surface area (Å²) in [6, 6.07) is 3.87. The van der Waals surface area contributed by atoms with E-state index in [0.717, 1.165) is 6.42 Å². The maximum Gasteiger partial charge on any atom is 0.281 e. The molecule has 1 saturated heterocycles. The second-order valence-corrected chi connectivity index (χ2v) is 3.74. The summed E-state index contributed by atoms with van der Waals surface area (Å²) in [5, 5.41) is 11.9. The molecule has 18 heavy (non-hydrogen) atoms. The summed E-state index contributed by atoms with van der Waals surface area (Å²) < 4.78 is 5.01. The molecule has 0 bridgehead atoms. The van der Waals surface area contributed by atoms with Crippen molar-refractivity contribution in [3.8, 4) is 5.75 Å². The molecule has 7 nitrogen and oxygen atoms in total. The largest absolute Gasteiger partial charge is 0.496 e. The van der Waals surface area contributed by atoms with E-state index in [1.807, 2.05) is 0 Å². The number of nitro groups is 1. The fourth-order valence-corrected chi connectivity index (χ4v) is 1.71. The molecule has 2 rings (SSSR count). The lowest BCUT2D eigenvalue weighted by atomic mass is 10.1. The number of ether oxygens (including phenoxy) is 1. The third-order valence-electron chi connectivity index (χ3n) is 2.61. The Morgan fingerprint density at radius 3 is 2.89 bits per heavy atom. The number of amides is 1. The predicted molar refractivity (Wildman–Crippen MR) is 61.3 cm³/mol. The summed E-state index contributed by atoms with van der Waals surface area (Å²) in [6.45, 7) is 1.01. The molecule has 0 radical (unpaired) electrons. The van der Waals surface area contributed by atoms with E-state index in [9.17, 15) is 14.9 Å². The van der Waals surface area contributed by atoms with Gasteiger partial charge in [-0.3, -0.25) is 19.7 Å². The van der Waals surface area contributed by atoms with Crippen LogP contribution in [-0.4, -0.2) is 36.2 Å². The van der Waals surface area contributed by atoms with Gasteiger partial charge in [0.25, 0.3) is 11.6 Å². The van der Waals surface area contributed by atoms with Crippen LogP contribution in [0.15, 0.2) is 18.2 Å². The quantitative estimate of drug-likeness (QED) is 0.599. The molecule has 0 saturated carbocycles. The topological polar surface area (TPSA) is 81.9 Å². The van der Waals surface area contributed by atoms with Crippen molar-refractivity contribution in [3.63, 3.8) is 0 Å². The van der Waals surface area contributed by atoms with Crippen molar-refractivity contribution in [3.05, 3.63) is 33.9 Å². The standard InChI is InChI=1S/C11H12N2O5/c1-17-10-7-8(13(15)16)3-4-9(10)11(14)12-5-2-6-18-12/h3-4,7H,2,5-6H2,1H3. The maximum atomic E-state index is 12.1. The number of benzene rings is 1. The lowest BCUT2D eigenvalue weighted by Crippen LogP contribution is -2.26. The number of carbonyl (C=O) groups excluding carboxylic acids is 1. The molecule has 96 valence electrons. The third-order valence-corrected chi connectivity index (χ3v) is 2.61. The zero-order valence-electron chi connectivity index (χ0n) is 9.79. The number of hydrogen-bond acceptors (Lipinski definition) is 5. The smallest absolute Gasteiger partial charge is 0.281 e. The van der Waals surface area contributed by atoms with Crippen LogP contribution < -0.4 is 4.74 Å². The number of nitro benzene ring substituents is 1. The zero-order chi connectivity index (χ0) is 13.1. The molecular formula is C11H12N2O5. The molecule has 1 aromatic rings. The molecule has 0 aliphatic carbocycles. The van der Waals surface area contributed by atoms with Gasteiger partial charge in [0.2, 0.25) is 0 Å². The van der Waals surface area contributed by atoms with Gasteiger partial charge in [0.15, 0.2) is 0 Å². The minimum atomic E-state index is -0.539. The lowest BCUT2D eigenvalue weighted by Gasteiger charge is -2.15. The highest BCUT2D eigenvalue weighted by Crippen LogP contribution is 2.26. The number of hydroxylamine groups is 2. The predicted octanol–water partition coefficient (Wildman–Crippen LogP) is 1.38. The summed E-state index contributed by atoms with van der Waals surface area (Å²) in [6.07, 6.45) is 0.779. The van der Waals surface area contributed by atoms with Crippen LogP contribution in [0.25, 0.3) is 0 Å². The Morgan fingerprint density at radius 1 is 1.56 bits per heavy atom. The maximum absolute atomic E-state index is 12.1. The minimum absolute atomic E-state index is 0.120. The van der Waals surface area contributed by atoms with E-state index in [1.165, 1.54) is 30.4 Å². The van der Waals surface area contributed by atoms with E-state index < -0.39 is 4.92 Å². The van der Waals surface area contributed by atoms with Gasteiger partial charge >= 0.3 is 0 Å². The summed E-state index contributed by atoms with van der Waals surface area (Å²) in [4.78, 5) is 27.3. The first-order valence-electron chi connectivity index (χ1n) is 5.40. The summed E-state index contributed by atoms with van der Waals surface area (Å²) in [7, 11) is 1.36. The molecule has 1 amide bonds. The fourth-order valence-electron chi connectivity index (χ4n) is 1.71. The van der Waals surface area contributed by atoms with Crippen molar-refractivity contribution in [1.82, 2.24) is 5.06 Å². The molecule has 1 aliphatic rings. The van der Waals surface area contributed by atoms with Gasteiger partial charge in [-0.2, -0.15) is 0 Å². The molecule has 0 aromatic heterocycles. The average Bonchev–Trinajstić information content (AvgIpc) is 2.90. The average molecular weight is 252 g/mol. The second kappa shape index (κ2) is 5.01. The molecule has 1 aliphatic heterocycles. The van der Waals surface area contributed by atoms with Crippen molar-refractivity contribution in [2.24, 2.45) is 0 Å². The van der Waals surface area contributed by atoms with Crippen LogP contribution in [0.5, 0.6) is 5.75 Å². The molecule has 0 N–H and O–H groups in total. The minimum Gasteiger partial charge on any atom is -0.496 e. The lowest BCUT2D eigenvalue weighted by molar-refractivity contribution is -0.384. The van der Waals surface area contributed by atoms with Crippen molar-refractivity contribution in [1.29, 1.82) is 0 Å². The summed E-state index contributed by atoms with van der Waals surface area (Å²) in [5.74, 6) is -0.177. The van der Waals surface area contributed by atoms with Gasteiger partial charge in [-0.15, -0.1) is 0 Å². The first kappa shape index (κ1) is 12.3. The van der Waals surface area contributed by atoms with Crippen LogP contribution in [0.1, 0.15) is 16.8 Å². The first-order valence-corrected chi connectivity index (χ1v) is 5.40. The Kier molecular flexibility index (Phi) is 3.42. The monoisotopic (exact) mass is 252 g/mol. The van der Waals surface area contributed by atoms with E-state index in [4.69, 9.17) is 9.57 Å². The zero-order valence-corrected chi connectivity index (χ0v) is 9.79. The van der Waals surface area contributed by atoms with Gasteiger partial charge in [0.05, 0.1) is 36.8 Å². The van der Waals surface area contributed by atoms with Gasteiger partial charge in [-0.1, -0.05) is 0 Å². The number of non-ortho nitro benzene ring substituents is 1. The fraction of sp³-hybridized carbons (Fsp3) is 0.364. The van der Waals surface area contributed by atoms with Crippen LogP contribution in [0, 0.1) is 10.1 Å². The van der Waals surface area contributed by atoms with Crippen molar-refractivity contribution < 1.29 is 19.3 Å². The van der Waals surface area contributed by atoms with Gasteiger partial charge in [0, 0.05) is 6.07 Å². The molecule has 7 heteroatoms. The summed E-state index contributed by atoms with van der Waals surface area (Å²) >= 11 is 0. The first-order chi connectivity index (χ1) is 8.63. The van der Waals surface area contributed by atoms with Gasteiger partial charge in [-0.05, 0) is 12.5 Å². The van der Waals surface area contributed by atoms with Gasteiger partial charge in [-0.25, -0.2) is 5.06 Å². The molecular weight excluding hydrogens is 240 g/mol.